The maximum Gasteiger partial charge on any atom is 0.434 e. The molecule has 5 nitrogen and oxygen atoms in total. The average molecular weight is 482 g/mol. The monoisotopic (exact) mass is 482 g/mol. The Balaban J connectivity index is 0. The third-order valence-electron chi connectivity index (χ3n) is 3.11. The van der Waals surface area contributed by atoms with Crippen LogP contribution in [-0.2, 0) is 19.1 Å². The van der Waals surface area contributed by atoms with Gasteiger partial charge in [-0.15, -0.1) is 0 Å². The fourth-order valence-corrected chi connectivity index (χ4v) is 1.61. The minimum Gasteiger partial charge on any atom is -0.460 e. The molecule has 33 heavy (non-hydrogen) atoms. The normalized spacial score (nSPS) is 10.5. The predicted molar refractivity (Wildman–Crippen MR) is 112 cm³/mol. The zero-order valence-electron chi connectivity index (χ0n) is 17.7. The number of hydrogen-bond acceptors (Lipinski definition) is 5. The van der Waals surface area contributed by atoms with Crippen LogP contribution in [0.3, 0.4) is 0 Å². The number of esters is 2. The summed E-state index contributed by atoms with van der Waals surface area (Å²) >= 11 is 0. The van der Waals surface area contributed by atoms with Gasteiger partial charge in [-0.25, -0.2) is 9.59 Å². The van der Waals surface area contributed by atoms with E-state index in [1.807, 2.05) is 36.4 Å². The average Bonchev–Trinajstić information content (AvgIpc) is 2.74. The molecule has 0 aromatic heterocycles. The number of halogens is 6. The molecule has 0 aliphatic carbocycles. The van der Waals surface area contributed by atoms with E-state index in [4.69, 9.17) is 5.11 Å². The van der Waals surface area contributed by atoms with Crippen LogP contribution in [0, 0.1) is 0 Å². The molecule has 0 spiro atoms. The van der Waals surface area contributed by atoms with E-state index in [0.717, 1.165) is 24.1 Å². The largest absolute Gasteiger partial charge is 0.460 e. The van der Waals surface area contributed by atoms with Gasteiger partial charge in [0.15, 0.2) is 0 Å². The van der Waals surface area contributed by atoms with Crippen molar-refractivity contribution in [2.45, 2.75) is 25.4 Å². The summed E-state index contributed by atoms with van der Waals surface area (Å²) in [6, 6.07) is 8.02. The summed E-state index contributed by atoms with van der Waals surface area (Å²) in [7, 11) is 0. The van der Waals surface area contributed by atoms with Crippen LogP contribution < -0.4 is 0 Å². The van der Waals surface area contributed by atoms with Crippen LogP contribution in [0.5, 0.6) is 0 Å². The van der Waals surface area contributed by atoms with Crippen molar-refractivity contribution in [1.82, 2.24) is 0 Å². The standard InChI is InChI=1S/C10H10.C7H6F6O2.C5H8O3/c1-3-9-7-5-6-8-10(9)4-2;1-3(2)4(14)15-5(6(8,9)10)7(11,12)13;1-2-5(7)8-4-3-6/h3-8H,1-2H2;5H,1H2,2H3;2,6H,1,3-4H2. The molecule has 0 aliphatic heterocycles. The second-order valence-electron chi connectivity index (χ2n) is 5.78. The Morgan fingerprint density at radius 1 is 1.00 bits per heavy atom. The van der Waals surface area contributed by atoms with E-state index in [-0.39, 0.29) is 13.2 Å². The van der Waals surface area contributed by atoms with Crippen molar-refractivity contribution in [2.75, 3.05) is 13.2 Å². The zero-order valence-corrected chi connectivity index (χ0v) is 17.7. The van der Waals surface area contributed by atoms with Crippen molar-refractivity contribution >= 4 is 24.1 Å². The molecule has 0 unspecified atom stereocenters. The topological polar surface area (TPSA) is 72.8 Å². The fraction of sp³-hybridized carbons (Fsp3) is 0.273. The van der Waals surface area contributed by atoms with E-state index in [0.29, 0.717) is 0 Å². The maximum atomic E-state index is 11.8. The molecule has 0 aliphatic rings. The minimum atomic E-state index is -5.69. The van der Waals surface area contributed by atoms with Crippen LogP contribution in [0.1, 0.15) is 18.1 Å². The Kier molecular flexibility index (Phi) is 14.9. The first-order chi connectivity index (χ1) is 15.1. The number of carbonyl (C=O) groups is 2. The van der Waals surface area contributed by atoms with Gasteiger partial charge in [-0.1, -0.05) is 62.7 Å². The van der Waals surface area contributed by atoms with E-state index in [1.54, 1.807) is 0 Å². The molecule has 1 N–H and O–H groups in total. The van der Waals surface area contributed by atoms with Crippen LogP contribution in [-0.4, -0.2) is 48.7 Å². The number of hydrogen-bond donors (Lipinski definition) is 1. The molecule has 0 saturated carbocycles. The van der Waals surface area contributed by atoms with Crippen molar-refractivity contribution < 1.29 is 50.5 Å². The highest BCUT2D eigenvalue weighted by atomic mass is 19.4. The van der Waals surface area contributed by atoms with Crippen molar-refractivity contribution in [3.8, 4) is 0 Å². The molecule has 0 heterocycles. The summed E-state index contributed by atoms with van der Waals surface area (Å²) in [4.78, 5) is 20.6. The maximum absolute atomic E-state index is 11.8. The predicted octanol–water partition coefficient (Wildman–Crippen LogP) is 5.28. The van der Waals surface area contributed by atoms with E-state index >= 15 is 0 Å². The quantitative estimate of drug-likeness (QED) is 0.325. The summed E-state index contributed by atoms with van der Waals surface area (Å²) in [6.07, 6.45) is -10.8. The lowest BCUT2D eigenvalue weighted by Crippen LogP contribution is -2.45. The second kappa shape index (κ2) is 15.5. The lowest BCUT2D eigenvalue weighted by molar-refractivity contribution is -0.312. The Morgan fingerprint density at radius 2 is 1.42 bits per heavy atom. The summed E-state index contributed by atoms with van der Waals surface area (Å²) in [5.41, 5.74) is 1.73. The van der Waals surface area contributed by atoms with Crippen LogP contribution in [0.2, 0.25) is 0 Å². The SMILES string of the molecule is C=C(C)C(=O)OC(C(F)(F)F)C(F)(F)F.C=CC(=O)OCCO.C=Cc1ccccc1C=C. The Labute approximate surface area is 187 Å². The Morgan fingerprint density at radius 3 is 1.70 bits per heavy atom. The van der Waals surface area contributed by atoms with Gasteiger partial charge in [0.2, 0.25) is 0 Å². The van der Waals surface area contributed by atoms with E-state index in [9.17, 15) is 35.9 Å². The van der Waals surface area contributed by atoms with Gasteiger partial charge >= 0.3 is 24.3 Å². The number of carbonyl (C=O) groups excluding carboxylic acids is 2. The molecule has 1 rings (SSSR count). The highest BCUT2D eigenvalue weighted by Crippen LogP contribution is 2.35. The number of benzene rings is 1. The highest BCUT2D eigenvalue weighted by molar-refractivity contribution is 5.87. The van der Waals surface area contributed by atoms with E-state index in [1.165, 1.54) is 0 Å². The molecule has 1 aromatic carbocycles. The lowest BCUT2D eigenvalue weighted by atomic mass is 10.1. The molecule has 0 radical (unpaired) electrons. The third kappa shape index (κ3) is 14.4. The van der Waals surface area contributed by atoms with Crippen LogP contribution in [0.25, 0.3) is 12.2 Å². The number of aliphatic hydroxyl groups excluding tert-OH is 1. The van der Waals surface area contributed by atoms with E-state index in [2.05, 4.69) is 35.8 Å². The van der Waals surface area contributed by atoms with Gasteiger partial charge in [0, 0.05) is 11.6 Å². The van der Waals surface area contributed by atoms with Gasteiger partial charge in [0.1, 0.15) is 6.61 Å². The van der Waals surface area contributed by atoms with Gasteiger partial charge in [-0.05, 0) is 18.1 Å². The van der Waals surface area contributed by atoms with Gasteiger partial charge < -0.3 is 14.6 Å². The highest BCUT2D eigenvalue weighted by Gasteiger charge is 2.59. The van der Waals surface area contributed by atoms with Gasteiger partial charge in [0.25, 0.3) is 6.10 Å². The van der Waals surface area contributed by atoms with Gasteiger partial charge in [-0.3, -0.25) is 0 Å². The molecule has 0 fully saturated rings. The van der Waals surface area contributed by atoms with Crippen LogP contribution in [0.4, 0.5) is 26.3 Å². The summed E-state index contributed by atoms with van der Waals surface area (Å²) in [6.45, 7) is 14.2. The molecular formula is C22H24F6O5. The summed E-state index contributed by atoms with van der Waals surface area (Å²) in [5.74, 6) is -2.24. The Hall–Kier alpha value is -3.34. The zero-order chi connectivity index (χ0) is 26.2. The Bertz CT molecular complexity index is 771. The fourth-order valence-electron chi connectivity index (χ4n) is 1.61. The lowest BCUT2D eigenvalue weighted by Gasteiger charge is -2.22. The van der Waals surface area contributed by atoms with Gasteiger partial charge in [-0.2, -0.15) is 26.3 Å². The first kappa shape index (κ1) is 31.8. The molecular weight excluding hydrogens is 458 g/mol. The molecule has 0 atom stereocenters. The molecule has 0 saturated heterocycles. The van der Waals surface area contributed by atoms with Crippen molar-refractivity contribution in [2.24, 2.45) is 0 Å². The van der Waals surface area contributed by atoms with Crippen molar-refractivity contribution in [3.63, 3.8) is 0 Å². The minimum absolute atomic E-state index is 0.0465. The first-order valence-electron chi connectivity index (χ1n) is 8.89. The van der Waals surface area contributed by atoms with Crippen LogP contribution in [0.15, 0.2) is 62.2 Å². The number of ether oxygens (including phenoxy) is 2. The van der Waals surface area contributed by atoms with Gasteiger partial charge in [0.05, 0.1) is 6.61 Å². The third-order valence-corrected chi connectivity index (χ3v) is 3.11. The smallest absolute Gasteiger partial charge is 0.434 e. The molecule has 184 valence electrons. The van der Waals surface area contributed by atoms with Crippen molar-refractivity contribution in [3.05, 3.63) is 73.4 Å². The molecule has 0 bridgehead atoms. The van der Waals surface area contributed by atoms with Crippen molar-refractivity contribution in [1.29, 1.82) is 0 Å². The van der Waals surface area contributed by atoms with E-state index < -0.39 is 36.0 Å². The molecule has 0 amide bonds. The number of aliphatic hydroxyl groups is 1. The van der Waals surface area contributed by atoms with Crippen LogP contribution >= 0.6 is 0 Å². The molecule has 11 heteroatoms. The first-order valence-corrected chi connectivity index (χ1v) is 8.89. The summed E-state index contributed by atoms with van der Waals surface area (Å²) < 4.78 is 78.5. The molecule has 1 aromatic rings. The summed E-state index contributed by atoms with van der Waals surface area (Å²) in [5, 5.41) is 8.10. The number of rotatable bonds is 7. The second-order valence-corrected chi connectivity index (χ2v) is 5.78. The number of alkyl halides is 6.